The highest BCUT2D eigenvalue weighted by Gasteiger charge is 2.24. The zero-order valence-corrected chi connectivity index (χ0v) is 6.41. The standard InChI is InChI=1S/C9H10O2/c1-7(9-6-11-9)5-8-3-2-4-10-8/h2-5,9H,6H2,1H3/b7-5-/t9-/m0/s1. The van der Waals surface area contributed by atoms with Crippen molar-refractivity contribution in [2.75, 3.05) is 6.61 Å². The molecule has 0 aromatic carbocycles. The van der Waals surface area contributed by atoms with E-state index in [4.69, 9.17) is 9.15 Å². The van der Waals surface area contributed by atoms with Gasteiger partial charge in [0.2, 0.25) is 0 Å². The normalized spacial score (nSPS) is 23.7. The van der Waals surface area contributed by atoms with E-state index in [-0.39, 0.29) is 0 Å². The second kappa shape index (κ2) is 2.55. The molecule has 2 heterocycles. The molecule has 0 unspecified atom stereocenters. The fourth-order valence-electron chi connectivity index (χ4n) is 1.00. The maximum absolute atomic E-state index is 5.15. The second-order valence-corrected chi connectivity index (χ2v) is 2.73. The minimum atomic E-state index is 0.347. The van der Waals surface area contributed by atoms with Gasteiger partial charge in [-0.15, -0.1) is 0 Å². The highest BCUT2D eigenvalue weighted by atomic mass is 16.6. The summed E-state index contributed by atoms with van der Waals surface area (Å²) in [6.45, 7) is 2.92. The Kier molecular flexibility index (Phi) is 1.55. The van der Waals surface area contributed by atoms with Gasteiger partial charge in [-0.3, -0.25) is 0 Å². The zero-order valence-electron chi connectivity index (χ0n) is 6.41. The summed E-state index contributed by atoms with van der Waals surface area (Å²) in [5.41, 5.74) is 1.24. The van der Waals surface area contributed by atoms with Gasteiger partial charge in [0.25, 0.3) is 0 Å². The van der Waals surface area contributed by atoms with Crippen LogP contribution in [0.25, 0.3) is 6.08 Å². The largest absolute Gasteiger partial charge is 0.465 e. The Labute approximate surface area is 65.5 Å². The van der Waals surface area contributed by atoms with E-state index in [0.717, 1.165) is 12.4 Å². The van der Waals surface area contributed by atoms with E-state index in [1.54, 1.807) is 6.26 Å². The number of hydrogen-bond donors (Lipinski definition) is 0. The third-order valence-electron chi connectivity index (χ3n) is 1.75. The van der Waals surface area contributed by atoms with E-state index >= 15 is 0 Å². The summed E-state index contributed by atoms with van der Waals surface area (Å²) >= 11 is 0. The van der Waals surface area contributed by atoms with Crippen LogP contribution in [0.5, 0.6) is 0 Å². The van der Waals surface area contributed by atoms with Crippen molar-refractivity contribution in [1.82, 2.24) is 0 Å². The molecule has 1 aliphatic heterocycles. The molecule has 1 fully saturated rings. The Bertz CT molecular complexity index is 255. The lowest BCUT2D eigenvalue weighted by Gasteiger charge is -1.90. The topological polar surface area (TPSA) is 25.7 Å². The first-order valence-corrected chi connectivity index (χ1v) is 3.69. The van der Waals surface area contributed by atoms with Crippen LogP contribution in [0.3, 0.4) is 0 Å². The molecule has 0 N–H and O–H groups in total. The van der Waals surface area contributed by atoms with Gasteiger partial charge in [0.05, 0.1) is 12.9 Å². The van der Waals surface area contributed by atoms with Crippen LogP contribution >= 0.6 is 0 Å². The Hall–Kier alpha value is -1.02. The SMILES string of the molecule is C/C(=C/c1ccco1)[C@@H]1CO1. The molecule has 0 aliphatic carbocycles. The van der Waals surface area contributed by atoms with Crippen LogP contribution in [0.2, 0.25) is 0 Å². The molecule has 0 saturated carbocycles. The maximum Gasteiger partial charge on any atom is 0.126 e. The fourth-order valence-corrected chi connectivity index (χ4v) is 1.00. The predicted molar refractivity (Wildman–Crippen MR) is 42.1 cm³/mol. The monoisotopic (exact) mass is 150 g/mol. The van der Waals surface area contributed by atoms with Crippen LogP contribution in [0.15, 0.2) is 28.4 Å². The number of epoxide rings is 1. The minimum absolute atomic E-state index is 0.347. The van der Waals surface area contributed by atoms with E-state index in [1.165, 1.54) is 5.57 Å². The lowest BCUT2D eigenvalue weighted by Crippen LogP contribution is -1.84. The maximum atomic E-state index is 5.15. The van der Waals surface area contributed by atoms with Crippen molar-refractivity contribution in [1.29, 1.82) is 0 Å². The van der Waals surface area contributed by atoms with Crippen molar-refractivity contribution in [3.8, 4) is 0 Å². The third kappa shape index (κ3) is 1.52. The van der Waals surface area contributed by atoms with Gasteiger partial charge in [-0.2, -0.15) is 0 Å². The van der Waals surface area contributed by atoms with E-state index in [2.05, 4.69) is 6.92 Å². The minimum Gasteiger partial charge on any atom is -0.465 e. The van der Waals surface area contributed by atoms with Crippen molar-refractivity contribution in [3.63, 3.8) is 0 Å². The Morgan fingerprint density at radius 3 is 3.09 bits per heavy atom. The average molecular weight is 150 g/mol. The van der Waals surface area contributed by atoms with Gasteiger partial charge in [0, 0.05) is 0 Å². The molecule has 1 aliphatic rings. The summed E-state index contributed by atoms with van der Waals surface area (Å²) in [6.07, 6.45) is 4.03. The van der Waals surface area contributed by atoms with Crippen molar-refractivity contribution in [2.24, 2.45) is 0 Å². The van der Waals surface area contributed by atoms with E-state index < -0.39 is 0 Å². The molecule has 1 aromatic heterocycles. The van der Waals surface area contributed by atoms with Crippen molar-refractivity contribution >= 4 is 6.08 Å². The summed E-state index contributed by atoms with van der Waals surface area (Å²) in [6, 6.07) is 3.82. The molecule has 11 heavy (non-hydrogen) atoms. The highest BCUT2D eigenvalue weighted by Crippen LogP contribution is 2.21. The first kappa shape index (κ1) is 6.68. The lowest BCUT2D eigenvalue weighted by atomic mass is 10.2. The molecule has 2 heteroatoms. The van der Waals surface area contributed by atoms with Crippen LogP contribution in [0.1, 0.15) is 12.7 Å². The smallest absolute Gasteiger partial charge is 0.126 e. The van der Waals surface area contributed by atoms with E-state index in [0.29, 0.717) is 6.10 Å². The van der Waals surface area contributed by atoms with Crippen molar-refractivity contribution in [2.45, 2.75) is 13.0 Å². The summed E-state index contributed by atoms with van der Waals surface area (Å²) in [5, 5.41) is 0. The Morgan fingerprint density at radius 1 is 1.73 bits per heavy atom. The number of ether oxygens (including phenoxy) is 1. The quantitative estimate of drug-likeness (QED) is 0.603. The molecular weight excluding hydrogens is 140 g/mol. The van der Waals surface area contributed by atoms with Crippen LogP contribution in [0.4, 0.5) is 0 Å². The molecule has 1 saturated heterocycles. The van der Waals surface area contributed by atoms with Crippen molar-refractivity contribution in [3.05, 3.63) is 29.7 Å². The van der Waals surface area contributed by atoms with Gasteiger partial charge in [0.1, 0.15) is 11.9 Å². The molecule has 1 atom stereocenters. The Morgan fingerprint density at radius 2 is 2.55 bits per heavy atom. The molecular formula is C9H10O2. The first-order valence-electron chi connectivity index (χ1n) is 3.69. The molecule has 1 aromatic rings. The predicted octanol–water partition coefficient (Wildman–Crippen LogP) is 2.08. The van der Waals surface area contributed by atoms with Crippen LogP contribution in [-0.2, 0) is 4.74 Å². The summed E-state index contributed by atoms with van der Waals surface area (Å²) in [4.78, 5) is 0. The molecule has 0 bridgehead atoms. The lowest BCUT2D eigenvalue weighted by molar-refractivity contribution is 0.432. The molecule has 58 valence electrons. The van der Waals surface area contributed by atoms with Gasteiger partial charge in [-0.1, -0.05) is 0 Å². The average Bonchev–Trinajstić information content (AvgIpc) is 2.73. The molecule has 2 nitrogen and oxygen atoms in total. The molecule has 2 rings (SSSR count). The Balaban J connectivity index is 2.13. The number of hydrogen-bond acceptors (Lipinski definition) is 2. The summed E-state index contributed by atoms with van der Waals surface area (Å²) in [5.74, 6) is 0.901. The van der Waals surface area contributed by atoms with Gasteiger partial charge >= 0.3 is 0 Å². The summed E-state index contributed by atoms with van der Waals surface area (Å²) in [7, 11) is 0. The van der Waals surface area contributed by atoms with E-state index in [1.807, 2.05) is 18.2 Å². The van der Waals surface area contributed by atoms with Crippen LogP contribution < -0.4 is 0 Å². The van der Waals surface area contributed by atoms with Crippen LogP contribution in [-0.4, -0.2) is 12.7 Å². The first-order chi connectivity index (χ1) is 5.36. The number of furan rings is 1. The zero-order chi connectivity index (χ0) is 7.68. The second-order valence-electron chi connectivity index (χ2n) is 2.73. The van der Waals surface area contributed by atoms with Gasteiger partial charge in [-0.05, 0) is 30.7 Å². The molecule has 0 spiro atoms. The van der Waals surface area contributed by atoms with E-state index in [9.17, 15) is 0 Å². The van der Waals surface area contributed by atoms with Gasteiger partial charge < -0.3 is 9.15 Å². The summed E-state index contributed by atoms with van der Waals surface area (Å²) < 4.78 is 10.3. The van der Waals surface area contributed by atoms with Gasteiger partial charge in [-0.25, -0.2) is 0 Å². The molecule has 0 amide bonds. The van der Waals surface area contributed by atoms with Crippen LogP contribution in [0, 0.1) is 0 Å². The van der Waals surface area contributed by atoms with Gasteiger partial charge in [0.15, 0.2) is 0 Å². The highest BCUT2D eigenvalue weighted by molar-refractivity contribution is 5.48. The van der Waals surface area contributed by atoms with Crippen molar-refractivity contribution < 1.29 is 9.15 Å². The third-order valence-corrected chi connectivity index (χ3v) is 1.75. The fraction of sp³-hybridized carbons (Fsp3) is 0.333. The number of rotatable bonds is 2. The molecule has 0 radical (unpaired) electrons.